The lowest BCUT2D eigenvalue weighted by atomic mass is 9.87. The lowest BCUT2D eigenvalue weighted by Crippen LogP contribution is -2.43. The van der Waals surface area contributed by atoms with E-state index in [2.05, 4.69) is 9.88 Å². The highest BCUT2D eigenvalue weighted by Gasteiger charge is 2.42. The number of rotatable bonds is 3. The molecule has 1 amide bonds. The van der Waals surface area contributed by atoms with E-state index in [-0.39, 0.29) is 11.3 Å². The normalized spacial score (nSPS) is 24.8. The SMILES string of the molecule is Cn1cccc1C(=O)N1CCOCC2(CCN(Cc3nccs3)C2)C1. The van der Waals surface area contributed by atoms with E-state index in [1.54, 1.807) is 11.3 Å². The van der Waals surface area contributed by atoms with E-state index in [9.17, 15) is 4.79 Å². The Labute approximate surface area is 152 Å². The Bertz CT molecular complexity index is 729. The van der Waals surface area contributed by atoms with Crippen LogP contribution in [0, 0.1) is 5.41 Å². The van der Waals surface area contributed by atoms with E-state index in [4.69, 9.17) is 4.74 Å². The second-order valence-electron chi connectivity index (χ2n) is 7.17. The Morgan fingerprint density at radius 3 is 3.08 bits per heavy atom. The molecule has 134 valence electrons. The first kappa shape index (κ1) is 16.8. The van der Waals surface area contributed by atoms with Crippen LogP contribution in [0.3, 0.4) is 0 Å². The summed E-state index contributed by atoms with van der Waals surface area (Å²) in [5, 5.41) is 3.18. The van der Waals surface area contributed by atoms with Crippen molar-refractivity contribution in [1.82, 2.24) is 19.4 Å². The number of carbonyl (C=O) groups excluding carboxylic acids is 1. The van der Waals surface area contributed by atoms with Gasteiger partial charge in [-0.05, 0) is 25.1 Å². The maximum absolute atomic E-state index is 12.9. The Morgan fingerprint density at radius 1 is 1.40 bits per heavy atom. The van der Waals surface area contributed by atoms with Crippen LogP contribution in [0.1, 0.15) is 21.9 Å². The zero-order valence-corrected chi connectivity index (χ0v) is 15.4. The second kappa shape index (κ2) is 6.90. The summed E-state index contributed by atoms with van der Waals surface area (Å²) >= 11 is 1.70. The van der Waals surface area contributed by atoms with Gasteiger partial charge in [0.05, 0.1) is 19.8 Å². The van der Waals surface area contributed by atoms with Gasteiger partial charge in [-0.1, -0.05) is 0 Å². The average Bonchev–Trinajstić information content (AvgIpc) is 3.30. The number of thiazole rings is 1. The van der Waals surface area contributed by atoms with E-state index in [1.165, 1.54) is 0 Å². The number of hydrogen-bond donors (Lipinski definition) is 0. The number of ether oxygens (including phenoxy) is 1. The van der Waals surface area contributed by atoms with Gasteiger partial charge in [-0.25, -0.2) is 4.98 Å². The van der Waals surface area contributed by atoms with Gasteiger partial charge in [-0.15, -0.1) is 11.3 Å². The third-order valence-electron chi connectivity index (χ3n) is 5.25. The first-order valence-corrected chi connectivity index (χ1v) is 9.62. The van der Waals surface area contributed by atoms with Gasteiger partial charge in [-0.3, -0.25) is 9.69 Å². The van der Waals surface area contributed by atoms with Gasteiger partial charge in [0.2, 0.25) is 0 Å². The maximum Gasteiger partial charge on any atom is 0.270 e. The Morgan fingerprint density at radius 2 is 2.32 bits per heavy atom. The van der Waals surface area contributed by atoms with Crippen molar-refractivity contribution in [2.45, 2.75) is 13.0 Å². The molecule has 0 radical (unpaired) electrons. The first-order chi connectivity index (χ1) is 12.2. The van der Waals surface area contributed by atoms with Crippen molar-refractivity contribution >= 4 is 17.2 Å². The van der Waals surface area contributed by atoms with Crippen molar-refractivity contribution < 1.29 is 9.53 Å². The third-order valence-corrected chi connectivity index (χ3v) is 6.01. The monoisotopic (exact) mass is 360 g/mol. The summed E-state index contributed by atoms with van der Waals surface area (Å²) < 4.78 is 7.80. The number of aromatic nitrogens is 2. The molecule has 0 N–H and O–H groups in total. The fraction of sp³-hybridized carbons (Fsp3) is 0.556. The van der Waals surface area contributed by atoms with Gasteiger partial charge < -0.3 is 14.2 Å². The summed E-state index contributed by atoms with van der Waals surface area (Å²) in [4.78, 5) is 21.8. The van der Waals surface area contributed by atoms with Crippen LogP contribution >= 0.6 is 11.3 Å². The minimum Gasteiger partial charge on any atom is -0.379 e. The number of aryl methyl sites for hydroxylation is 1. The molecule has 1 unspecified atom stereocenters. The largest absolute Gasteiger partial charge is 0.379 e. The molecule has 2 aliphatic rings. The van der Waals surface area contributed by atoms with Crippen molar-refractivity contribution in [2.24, 2.45) is 12.5 Å². The number of hydrogen-bond acceptors (Lipinski definition) is 5. The molecule has 0 aromatic carbocycles. The van der Waals surface area contributed by atoms with Crippen LogP contribution in [-0.4, -0.2) is 64.7 Å². The fourth-order valence-electron chi connectivity index (χ4n) is 3.94. The van der Waals surface area contributed by atoms with Crippen LogP contribution in [-0.2, 0) is 18.3 Å². The van der Waals surface area contributed by atoms with Crippen molar-refractivity contribution in [3.8, 4) is 0 Å². The van der Waals surface area contributed by atoms with Gasteiger partial charge in [0, 0.05) is 49.9 Å². The van der Waals surface area contributed by atoms with Crippen molar-refractivity contribution in [2.75, 3.05) is 39.4 Å². The number of amides is 1. The minimum absolute atomic E-state index is 0.0363. The molecule has 6 nitrogen and oxygen atoms in total. The molecule has 7 heteroatoms. The van der Waals surface area contributed by atoms with Crippen LogP contribution in [0.2, 0.25) is 0 Å². The fourth-order valence-corrected chi connectivity index (χ4v) is 4.60. The van der Waals surface area contributed by atoms with Crippen LogP contribution < -0.4 is 0 Å². The number of nitrogens with zero attached hydrogens (tertiary/aromatic N) is 4. The predicted molar refractivity (Wildman–Crippen MR) is 96.6 cm³/mol. The summed E-state index contributed by atoms with van der Waals surface area (Å²) in [6.45, 7) is 5.68. The molecule has 2 saturated heterocycles. The maximum atomic E-state index is 12.9. The van der Waals surface area contributed by atoms with E-state index in [1.807, 2.05) is 46.4 Å². The number of likely N-dealkylation sites (tertiary alicyclic amines) is 1. The lowest BCUT2D eigenvalue weighted by Gasteiger charge is -2.32. The highest BCUT2D eigenvalue weighted by Crippen LogP contribution is 2.34. The number of carbonyl (C=O) groups is 1. The molecule has 25 heavy (non-hydrogen) atoms. The molecule has 4 heterocycles. The molecule has 2 fully saturated rings. The summed E-state index contributed by atoms with van der Waals surface area (Å²) in [5.41, 5.74) is 0.781. The molecule has 2 aliphatic heterocycles. The van der Waals surface area contributed by atoms with Gasteiger partial charge in [0.25, 0.3) is 5.91 Å². The van der Waals surface area contributed by atoms with Crippen molar-refractivity contribution in [3.05, 3.63) is 40.6 Å². The lowest BCUT2D eigenvalue weighted by molar-refractivity contribution is 0.0639. The van der Waals surface area contributed by atoms with Crippen LogP contribution in [0.5, 0.6) is 0 Å². The Balaban J connectivity index is 1.46. The molecule has 4 rings (SSSR count). The minimum atomic E-state index is 0.0363. The quantitative estimate of drug-likeness (QED) is 0.838. The van der Waals surface area contributed by atoms with Gasteiger partial charge in [0.15, 0.2) is 0 Å². The van der Waals surface area contributed by atoms with Gasteiger partial charge >= 0.3 is 0 Å². The highest BCUT2D eigenvalue weighted by atomic mass is 32.1. The standard InChI is InChI=1S/C18H24N4O2S/c1-20-6-2-3-15(20)17(23)22-8-9-24-14-18(13-22)4-7-21(12-18)11-16-19-5-10-25-16/h2-3,5-6,10H,4,7-9,11-14H2,1H3. The first-order valence-electron chi connectivity index (χ1n) is 8.74. The van der Waals surface area contributed by atoms with Crippen molar-refractivity contribution in [3.63, 3.8) is 0 Å². The molecule has 0 saturated carbocycles. The van der Waals surface area contributed by atoms with E-state index in [0.29, 0.717) is 13.2 Å². The second-order valence-corrected chi connectivity index (χ2v) is 8.15. The molecule has 0 bridgehead atoms. The summed E-state index contributed by atoms with van der Waals surface area (Å²) in [6.07, 6.45) is 4.85. The van der Waals surface area contributed by atoms with E-state index in [0.717, 1.165) is 49.9 Å². The average molecular weight is 360 g/mol. The molecule has 0 aliphatic carbocycles. The van der Waals surface area contributed by atoms with Crippen molar-refractivity contribution in [1.29, 1.82) is 0 Å². The smallest absolute Gasteiger partial charge is 0.270 e. The molecular weight excluding hydrogens is 336 g/mol. The topological polar surface area (TPSA) is 50.6 Å². The van der Waals surface area contributed by atoms with Gasteiger partial charge in [-0.2, -0.15) is 0 Å². The van der Waals surface area contributed by atoms with E-state index < -0.39 is 0 Å². The Kier molecular flexibility index (Phi) is 4.62. The summed E-state index contributed by atoms with van der Waals surface area (Å²) in [6, 6.07) is 3.81. The molecule has 1 spiro atoms. The van der Waals surface area contributed by atoms with Crippen LogP contribution in [0.4, 0.5) is 0 Å². The summed E-state index contributed by atoms with van der Waals surface area (Å²) in [5.74, 6) is 0.107. The van der Waals surface area contributed by atoms with Gasteiger partial charge in [0.1, 0.15) is 10.7 Å². The zero-order chi connectivity index (χ0) is 17.3. The third kappa shape index (κ3) is 3.49. The summed E-state index contributed by atoms with van der Waals surface area (Å²) in [7, 11) is 1.92. The molecule has 1 atom stereocenters. The zero-order valence-electron chi connectivity index (χ0n) is 14.6. The van der Waals surface area contributed by atoms with E-state index >= 15 is 0 Å². The molecule has 2 aromatic heterocycles. The Hall–Kier alpha value is -1.70. The van der Waals surface area contributed by atoms with Crippen LogP contribution in [0.25, 0.3) is 0 Å². The predicted octanol–water partition coefficient (Wildman–Crippen LogP) is 1.85. The molecular formula is C18H24N4O2S. The molecule has 2 aromatic rings. The van der Waals surface area contributed by atoms with Crippen LogP contribution in [0.15, 0.2) is 29.9 Å². The highest BCUT2D eigenvalue weighted by molar-refractivity contribution is 7.09.